The predicted molar refractivity (Wildman–Crippen MR) is 105 cm³/mol. The molecule has 0 saturated carbocycles. The van der Waals surface area contributed by atoms with E-state index >= 15 is 0 Å². The van der Waals surface area contributed by atoms with Crippen molar-refractivity contribution in [3.8, 4) is 5.75 Å². The summed E-state index contributed by atoms with van der Waals surface area (Å²) < 4.78 is 11.0. The molecular formula is C20H20N2O2S. The van der Waals surface area contributed by atoms with Crippen molar-refractivity contribution < 1.29 is 9.15 Å². The molecule has 2 aromatic carbocycles. The molecule has 0 bridgehead atoms. The number of benzene rings is 2. The van der Waals surface area contributed by atoms with Crippen LogP contribution in [0.5, 0.6) is 5.75 Å². The predicted octanol–water partition coefficient (Wildman–Crippen LogP) is 5.00. The van der Waals surface area contributed by atoms with Gasteiger partial charge in [-0.05, 0) is 67.7 Å². The van der Waals surface area contributed by atoms with Crippen molar-refractivity contribution in [1.29, 1.82) is 0 Å². The molecule has 128 valence electrons. The fourth-order valence-electron chi connectivity index (χ4n) is 2.48. The Morgan fingerprint density at radius 3 is 2.36 bits per heavy atom. The summed E-state index contributed by atoms with van der Waals surface area (Å²) in [7, 11) is 1.65. The molecule has 0 amide bonds. The highest BCUT2D eigenvalue weighted by Crippen LogP contribution is 2.23. The van der Waals surface area contributed by atoms with Crippen LogP contribution >= 0.6 is 12.2 Å². The topological polar surface area (TPSA) is 37.6 Å². The number of methoxy groups -OCH3 is 1. The smallest absolute Gasteiger partial charge is 0.178 e. The number of anilines is 2. The first-order valence-electron chi connectivity index (χ1n) is 7.98. The SMILES string of the molecule is COc1ccc(N(Cc2ccc(C)o2)C(=S)Nc2ccccc2)cc1. The highest BCUT2D eigenvalue weighted by atomic mass is 32.1. The van der Waals surface area contributed by atoms with Crippen LogP contribution in [-0.4, -0.2) is 12.2 Å². The number of para-hydroxylation sites is 1. The van der Waals surface area contributed by atoms with Gasteiger partial charge in [0.15, 0.2) is 5.11 Å². The van der Waals surface area contributed by atoms with Gasteiger partial charge in [-0.1, -0.05) is 18.2 Å². The number of ether oxygens (including phenoxy) is 1. The Morgan fingerprint density at radius 2 is 1.76 bits per heavy atom. The molecule has 0 spiro atoms. The third kappa shape index (κ3) is 4.39. The summed E-state index contributed by atoms with van der Waals surface area (Å²) in [5, 5.41) is 3.88. The number of thiocarbonyl (C=S) groups is 1. The van der Waals surface area contributed by atoms with Crippen LogP contribution in [0.2, 0.25) is 0 Å². The van der Waals surface area contributed by atoms with Gasteiger partial charge in [-0.15, -0.1) is 0 Å². The average molecular weight is 352 g/mol. The Labute approximate surface area is 153 Å². The lowest BCUT2D eigenvalue weighted by Crippen LogP contribution is -2.34. The summed E-state index contributed by atoms with van der Waals surface area (Å²) in [4.78, 5) is 2.00. The summed E-state index contributed by atoms with van der Waals surface area (Å²) in [6, 6.07) is 21.6. The number of aryl methyl sites for hydroxylation is 1. The zero-order valence-electron chi connectivity index (χ0n) is 14.2. The fraction of sp³-hybridized carbons (Fsp3) is 0.150. The molecule has 0 atom stereocenters. The Kier molecular flexibility index (Phi) is 5.36. The molecule has 1 heterocycles. The first-order chi connectivity index (χ1) is 12.2. The van der Waals surface area contributed by atoms with Gasteiger partial charge in [0.1, 0.15) is 17.3 Å². The van der Waals surface area contributed by atoms with Gasteiger partial charge in [-0.2, -0.15) is 0 Å². The molecule has 0 fully saturated rings. The second-order valence-electron chi connectivity index (χ2n) is 5.59. The number of rotatable bonds is 5. The van der Waals surface area contributed by atoms with E-state index in [1.165, 1.54) is 0 Å². The first-order valence-corrected chi connectivity index (χ1v) is 8.39. The molecule has 25 heavy (non-hydrogen) atoms. The van der Waals surface area contributed by atoms with Gasteiger partial charge in [0.2, 0.25) is 0 Å². The standard InChI is InChI=1S/C20H20N2O2S/c1-15-8-11-19(24-15)14-22(17-9-12-18(23-2)13-10-17)20(25)21-16-6-4-3-5-7-16/h3-13H,14H2,1-2H3,(H,21,25). The van der Waals surface area contributed by atoms with Gasteiger partial charge in [0.05, 0.1) is 13.7 Å². The maximum atomic E-state index is 5.73. The number of furan rings is 1. The number of hydrogen-bond acceptors (Lipinski definition) is 3. The summed E-state index contributed by atoms with van der Waals surface area (Å²) >= 11 is 5.65. The van der Waals surface area contributed by atoms with E-state index in [2.05, 4.69) is 5.32 Å². The largest absolute Gasteiger partial charge is 0.497 e. The van der Waals surface area contributed by atoms with Gasteiger partial charge >= 0.3 is 0 Å². The van der Waals surface area contributed by atoms with Gasteiger partial charge in [-0.3, -0.25) is 0 Å². The molecule has 0 saturated heterocycles. The lowest BCUT2D eigenvalue weighted by atomic mass is 10.2. The van der Waals surface area contributed by atoms with E-state index < -0.39 is 0 Å². The van der Waals surface area contributed by atoms with E-state index in [4.69, 9.17) is 21.4 Å². The van der Waals surface area contributed by atoms with Crippen LogP contribution < -0.4 is 15.0 Å². The molecule has 0 aliphatic carbocycles. The minimum absolute atomic E-state index is 0.541. The summed E-state index contributed by atoms with van der Waals surface area (Å²) in [5.41, 5.74) is 1.91. The van der Waals surface area contributed by atoms with Crippen molar-refractivity contribution in [3.05, 3.63) is 78.3 Å². The average Bonchev–Trinajstić information content (AvgIpc) is 3.05. The molecule has 0 unspecified atom stereocenters. The minimum atomic E-state index is 0.541. The highest BCUT2D eigenvalue weighted by Gasteiger charge is 2.15. The molecule has 0 aliphatic rings. The normalized spacial score (nSPS) is 10.3. The minimum Gasteiger partial charge on any atom is -0.497 e. The van der Waals surface area contributed by atoms with Crippen molar-refractivity contribution in [3.63, 3.8) is 0 Å². The Hall–Kier alpha value is -2.79. The lowest BCUT2D eigenvalue weighted by molar-refractivity contribution is 0.415. The molecule has 1 aromatic heterocycles. The Bertz CT molecular complexity index is 828. The van der Waals surface area contributed by atoms with Crippen LogP contribution in [-0.2, 0) is 6.54 Å². The third-order valence-electron chi connectivity index (χ3n) is 3.76. The molecule has 1 N–H and O–H groups in total. The monoisotopic (exact) mass is 352 g/mol. The van der Waals surface area contributed by atoms with Crippen LogP contribution in [0.25, 0.3) is 0 Å². The molecule has 0 aliphatic heterocycles. The van der Waals surface area contributed by atoms with Crippen LogP contribution in [0.3, 0.4) is 0 Å². The maximum Gasteiger partial charge on any atom is 0.178 e. The zero-order chi connectivity index (χ0) is 17.6. The van der Waals surface area contributed by atoms with Crippen molar-refractivity contribution in [2.24, 2.45) is 0 Å². The lowest BCUT2D eigenvalue weighted by Gasteiger charge is -2.25. The quantitative estimate of drug-likeness (QED) is 0.654. The van der Waals surface area contributed by atoms with E-state index in [-0.39, 0.29) is 0 Å². The number of hydrogen-bond donors (Lipinski definition) is 1. The number of nitrogens with one attached hydrogen (secondary N) is 1. The van der Waals surface area contributed by atoms with Crippen molar-refractivity contribution in [2.75, 3.05) is 17.3 Å². The van der Waals surface area contributed by atoms with Crippen molar-refractivity contribution in [1.82, 2.24) is 0 Å². The second-order valence-corrected chi connectivity index (χ2v) is 5.98. The Morgan fingerprint density at radius 1 is 1.04 bits per heavy atom. The van der Waals surface area contributed by atoms with Crippen molar-refractivity contribution in [2.45, 2.75) is 13.5 Å². The summed E-state index contributed by atoms with van der Waals surface area (Å²) in [5.74, 6) is 2.54. The first kappa shape index (κ1) is 17.0. The molecule has 0 radical (unpaired) electrons. The highest BCUT2D eigenvalue weighted by molar-refractivity contribution is 7.80. The maximum absolute atomic E-state index is 5.73. The molecular weight excluding hydrogens is 332 g/mol. The second kappa shape index (κ2) is 7.85. The molecule has 5 heteroatoms. The molecule has 3 aromatic rings. The molecule has 4 nitrogen and oxygen atoms in total. The van der Waals surface area contributed by atoms with E-state index in [0.29, 0.717) is 11.7 Å². The molecule has 3 rings (SSSR count). The van der Waals surface area contributed by atoms with E-state index in [1.54, 1.807) is 7.11 Å². The Balaban J connectivity index is 1.85. The third-order valence-corrected chi connectivity index (χ3v) is 4.09. The van der Waals surface area contributed by atoms with Gasteiger partial charge in [0, 0.05) is 11.4 Å². The van der Waals surface area contributed by atoms with Gasteiger partial charge < -0.3 is 19.4 Å². The number of nitrogens with zero attached hydrogens (tertiary/aromatic N) is 1. The van der Waals surface area contributed by atoms with Gasteiger partial charge in [0.25, 0.3) is 0 Å². The van der Waals surface area contributed by atoms with Crippen LogP contribution in [0.15, 0.2) is 71.1 Å². The summed E-state index contributed by atoms with van der Waals surface area (Å²) in [6.45, 7) is 2.47. The fourth-order valence-corrected chi connectivity index (χ4v) is 2.77. The van der Waals surface area contributed by atoms with Crippen LogP contribution in [0, 0.1) is 6.92 Å². The van der Waals surface area contributed by atoms with Gasteiger partial charge in [-0.25, -0.2) is 0 Å². The van der Waals surface area contributed by atoms with E-state index in [0.717, 1.165) is 28.6 Å². The van der Waals surface area contributed by atoms with Crippen LogP contribution in [0.1, 0.15) is 11.5 Å². The van der Waals surface area contributed by atoms with E-state index in [1.807, 2.05) is 78.6 Å². The summed E-state index contributed by atoms with van der Waals surface area (Å²) in [6.07, 6.45) is 0. The van der Waals surface area contributed by atoms with E-state index in [9.17, 15) is 0 Å². The zero-order valence-corrected chi connectivity index (χ0v) is 15.0. The van der Waals surface area contributed by atoms with Crippen molar-refractivity contribution >= 4 is 28.7 Å². The van der Waals surface area contributed by atoms with Crippen LogP contribution in [0.4, 0.5) is 11.4 Å².